The van der Waals surface area contributed by atoms with Crippen LogP contribution in [-0.4, -0.2) is 17.6 Å². The highest BCUT2D eigenvalue weighted by atomic mass is 16.4. The van der Waals surface area contributed by atoms with Crippen molar-refractivity contribution >= 4 is 5.97 Å². The van der Waals surface area contributed by atoms with Gasteiger partial charge in [0.05, 0.1) is 0 Å². The van der Waals surface area contributed by atoms with Crippen molar-refractivity contribution in [3.8, 4) is 0 Å². The molecule has 0 amide bonds. The largest absolute Gasteiger partial charge is 0.481 e. The highest BCUT2D eigenvalue weighted by Crippen LogP contribution is 1.97. The normalized spacial score (nSPS) is 14.3. The van der Waals surface area contributed by atoms with Gasteiger partial charge in [0.15, 0.2) is 0 Å². The monoisotopic (exact) mass is 133 g/mol. The van der Waals surface area contributed by atoms with Crippen molar-refractivity contribution < 1.29 is 12.6 Å². The van der Waals surface area contributed by atoms with E-state index in [1.54, 1.807) is 0 Å². The molecule has 3 heteroatoms. The number of carbonyl (C=O) groups is 1. The van der Waals surface area contributed by atoms with E-state index in [9.17, 15) is 4.79 Å². The summed E-state index contributed by atoms with van der Waals surface area (Å²) < 4.78 is 14.5. The van der Waals surface area contributed by atoms with Crippen molar-refractivity contribution in [2.75, 3.05) is 6.54 Å². The number of aliphatic carboxylic acids is 1. The Bertz CT molecular complexity index is 139. The van der Waals surface area contributed by atoms with E-state index in [0.717, 1.165) is 0 Å². The summed E-state index contributed by atoms with van der Waals surface area (Å²) in [6.45, 7) is 0.257. The van der Waals surface area contributed by atoms with E-state index in [1.165, 1.54) is 0 Å². The van der Waals surface area contributed by atoms with E-state index >= 15 is 0 Å². The number of carboxylic acid groups (broad SMARTS) is 1. The number of hydrogen-bond acceptors (Lipinski definition) is 2. The van der Waals surface area contributed by atoms with Gasteiger partial charge < -0.3 is 10.8 Å². The molecule has 0 rings (SSSR count). The van der Waals surface area contributed by atoms with Gasteiger partial charge in [0.25, 0.3) is 0 Å². The molecule has 0 radical (unpaired) electrons. The predicted octanol–water partition coefficient (Wildman–Crippen LogP) is 0.590. The second-order valence-corrected chi connectivity index (χ2v) is 1.68. The Morgan fingerprint density at radius 3 is 2.78 bits per heavy atom. The first-order valence-corrected chi connectivity index (χ1v) is 2.90. The Balaban J connectivity index is 3.63. The molecule has 0 aromatic carbocycles. The molecule has 3 N–H and O–H groups in total. The standard InChI is InChI=1S/C6H13NO2/c7-5-3-1-2-4-6(8)9/h1-5,7H2,(H,8,9)/i1D2. The van der Waals surface area contributed by atoms with Gasteiger partial charge in [-0.1, -0.05) is 6.37 Å². The summed E-state index contributed by atoms with van der Waals surface area (Å²) >= 11 is 0. The molecule has 0 saturated heterocycles. The van der Waals surface area contributed by atoms with Gasteiger partial charge in [0.1, 0.15) is 0 Å². The van der Waals surface area contributed by atoms with Crippen LogP contribution in [0.5, 0.6) is 0 Å². The van der Waals surface area contributed by atoms with Crippen molar-refractivity contribution in [1.82, 2.24) is 0 Å². The van der Waals surface area contributed by atoms with Gasteiger partial charge in [-0.3, -0.25) is 4.79 Å². The summed E-state index contributed by atoms with van der Waals surface area (Å²) in [6.07, 6.45) is -1.29. The van der Waals surface area contributed by atoms with Crippen LogP contribution >= 0.6 is 0 Å². The maximum Gasteiger partial charge on any atom is 0.303 e. The van der Waals surface area contributed by atoms with E-state index in [-0.39, 0.29) is 25.8 Å². The molecule has 54 valence electrons. The number of nitrogens with two attached hydrogens (primary N) is 1. The van der Waals surface area contributed by atoms with Gasteiger partial charge in [-0.25, -0.2) is 0 Å². The molecule has 0 heterocycles. The molecule has 0 saturated carbocycles. The molecule has 0 spiro atoms. The molecular formula is C6H13NO2. The van der Waals surface area contributed by atoms with E-state index in [1.807, 2.05) is 0 Å². The van der Waals surface area contributed by atoms with Crippen LogP contribution in [0.15, 0.2) is 0 Å². The summed E-state index contributed by atoms with van der Waals surface area (Å²) in [4.78, 5) is 10.1. The average molecular weight is 133 g/mol. The lowest BCUT2D eigenvalue weighted by atomic mass is 10.2. The van der Waals surface area contributed by atoms with Crippen LogP contribution in [0.4, 0.5) is 0 Å². The Hall–Kier alpha value is -0.570. The zero-order valence-electron chi connectivity index (χ0n) is 7.26. The molecule has 0 aliphatic rings. The Labute approximate surface area is 57.7 Å². The molecule has 0 aliphatic heterocycles. The van der Waals surface area contributed by atoms with Crippen molar-refractivity contribution in [3.63, 3.8) is 0 Å². The van der Waals surface area contributed by atoms with Gasteiger partial charge in [-0.05, 0) is 19.4 Å². The molecule has 0 atom stereocenters. The molecular weight excluding hydrogens is 118 g/mol. The fourth-order valence-electron chi connectivity index (χ4n) is 0.422. The lowest BCUT2D eigenvalue weighted by Crippen LogP contribution is -1.99. The highest BCUT2D eigenvalue weighted by Gasteiger charge is 1.94. The summed E-state index contributed by atoms with van der Waals surface area (Å²) in [5.74, 6) is -0.967. The van der Waals surface area contributed by atoms with E-state index in [4.69, 9.17) is 13.6 Å². The average Bonchev–Trinajstić information content (AvgIpc) is 1.84. The smallest absolute Gasteiger partial charge is 0.303 e. The van der Waals surface area contributed by atoms with E-state index < -0.39 is 12.3 Å². The topological polar surface area (TPSA) is 63.3 Å². The van der Waals surface area contributed by atoms with Crippen LogP contribution in [0, 0.1) is 0 Å². The zero-order valence-corrected chi connectivity index (χ0v) is 5.26. The predicted molar refractivity (Wildman–Crippen MR) is 35.2 cm³/mol. The fourth-order valence-corrected chi connectivity index (χ4v) is 0.422. The van der Waals surface area contributed by atoms with Gasteiger partial charge >= 0.3 is 5.97 Å². The zero-order chi connectivity index (χ0) is 8.91. The summed E-state index contributed by atoms with van der Waals surface area (Å²) in [7, 11) is 0. The molecule has 0 unspecified atom stereocenters. The number of rotatable bonds is 5. The summed E-state index contributed by atoms with van der Waals surface area (Å²) in [5, 5.41) is 8.25. The first kappa shape index (κ1) is 5.23. The van der Waals surface area contributed by atoms with Crippen molar-refractivity contribution in [2.24, 2.45) is 5.73 Å². The van der Waals surface area contributed by atoms with Crippen LogP contribution in [-0.2, 0) is 4.79 Å². The quantitative estimate of drug-likeness (QED) is 0.577. The van der Waals surface area contributed by atoms with E-state index in [0.29, 0.717) is 0 Å². The minimum atomic E-state index is -1.42. The third-order valence-corrected chi connectivity index (χ3v) is 0.837. The van der Waals surface area contributed by atoms with Gasteiger partial charge in [-0.15, -0.1) is 0 Å². The molecule has 0 fully saturated rings. The molecule has 0 bridgehead atoms. The lowest BCUT2D eigenvalue weighted by molar-refractivity contribution is -0.137. The maximum absolute atomic E-state index is 10.1. The first-order chi connectivity index (χ1) is 4.98. The fraction of sp³-hybridized carbons (Fsp3) is 0.833. The first-order valence-electron chi connectivity index (χ1n) is 3.90. The van der Waals surface area contributed by atoms with Crippen LogP contribution < -0.4 is 5.73 Å². The summed E-state index contributed by atoms with van der Waals surface area (Å²) in [5.41, 5.74) is 5.13. The molecule has 0 aromatic rings. The highest BCUT2D eigenvalue weighted by molar-refractivity contribution is 5.66. The molecule has 9 heavy (non-hydrogen) atoms. The van der Waals surface area contributed by atoms with Gasteiger partial charge in [0.2, 0.25) is 0 Å². The third kappa shape index (κ3) is 7.43. The maximum atomic E-state index is 10.1. The van der Waals surface area contributed by atoms with Crippen LogP contribution in [0.25, 0.3) is 0 Å². The Morgan fingerprint density at radius 1 is 1.67 bits per heavy atom. The molecule has 0 aliphatic carbocycles. The number of hydrogen-bond donors (Lipinski definition) is 2. The second-order valence-electron chi connectivity index (χ2n) is 1.68. The summed E-state index contributed by atoms with van der Waals surface area (Å²) in [6, 6.07) is 0. The van der Waals surface area contributed by atoms with Crippen LogP contribution in [0.2, 0.25) is 0 Å². The minimum absolute atomic E-state index is 0.0412. The lowest BCUT2D eigenvalue weighted by Gasteiger charge is -1.93. The second kappa shape index (κ2) is 5.56. The van der Waals surface area contributed by atoms with Crippen molar-refractivity contribution in [1.29, 1.82) is 0 Å². The van der Waals surface area contributed by atoms with Gasteiger partial charge in [-0.2, -0.15) is 0 Å². The number of carboxylic acids is 1. The van der Waals surface area contributed by atoms with Crippen molar-refractivity contribution in [2.45, 2.75) is 25.6 Å². The minimum Gasteiger partial charge on any atom is -0.481 e. The Morgan fingerprint density at radius 2 is 2.33 bits per heavy atom. The van der Waals surface area contributed by atoms with Gasteiger partial charge in [0, 0.05) is 9.16 Å². The van der Waals surface area contributed by atoms with Crippen LogP contribution in [0.3, 0.4) is 0 Å². The molecule has 0 aromatic heterocycles. The van der Waals surface area contributed by atoms with Crippen molar-refractivity contribution in [3.05, 3.63) is 0 Å². The van der Waals surface area contributed by atoms with E-state index in [2.05, 4.69) is 0 Å². The van der Waals surface area contributed by atoms with Crippen LogP contribution in [0.1, 0.15) is 28.4 Å². The third-order valence-electron chi connectivity index (χ3n) is 0.837. The molecule has 3 nitrogen and oxygen atoms in total. The SMILES string of the molecule is [2H]C([2H])(CCN)CCC(=O)O. The Kier molecular flexibility index (Phi) is 3.24.